The first-order valence-electron chi connectivity index (χ1n) is 4.64. The molecule has 1 aliphatic rings. The van der Waals surface area contributed by atoms with Crippen LogP contribution in [0.5, 0.6) is 0 Å². The van der Waals surface area contributed by atoms with E-state index < -0.39 is 0 Å². The molecule has 72 valence electrons. The summed E-state index contributed by atoms with van der Waals surface area (Å²) in [6.45, 7) is 5.01. The van der Waals surface area contributed by atoms with Crippen molar-refractivity contribution < 1.29 is 9.53 Å². The smallest absolute Gasteiger partial charge is 0.149 e. The molecule has 0 saturated carbocycles. The van der Waals surface area contributed by atoms with Crippen molar-refractivity contribution in [1.29, 1.82) is 0 Å². The average molecular weight is 181 g/mol. The fourth-order valence-corrected chi connectivity index (χ4v) is 1.27. The first-order valence-corrected chi connectivity index (χ1v) is 4.64. The molecule has 1 aliphatic heterocycles. The van der Waals surface area contributed by atoms with Gasteiger partial charge in [-0.3, -0.25) is 4.90 Å². The van der Waals surface area contributed by atoms with E-state index in [1.165, 1.54) is 0 Å². The SMILES string of the molecule is CCC#CC(C=O)N1CCOCC1. The number of rotatable bonds is 2. The Balaban J connectivity index is 2.48. The van der Waals surface area contributed by atoms with Crippen LogP contribution in [0.3, 0.4) is 0 Å². The quantitative estimate of drug-likeness (QED) is 0.453. The minimum Gasteiger partial charge on any atom is -0.379 e. The third-order valence-corrected chi connectivity index (χ3v) is 1.99. The van der Waals surface area contributed by atoms with E-state index in [4.69, 9.17) is 4.74 Å². The summed E-state index contributed by atoms with van der Waals surface area (Å²) in [6, 6.07) is -0.233. The number of hydrogen-bond acceptors (Lipinski definition) is 3. The maximum absolute atomic E-state index is 10.7. The Morgan fingerprint density at radius 1 is 1.54 bits per heavy atom. The van der Waals surface area contributed by atoms with Gasteiger partial charge in [-0.15, -0.1) is 5.92 Å². The van der Waals surface area contributed by atoms with Crippen LogP contribution in [0.25, 0.3) is 0 Å². The Morgan fingerprint density at radius 3 is 2.77 bits per heavy atom. The topological polar surface area (TPSA) is 29.5 Å². The predicted molar refractivity (Wildman–Crippen MR) is 50.3 cm³/mol. The zero-order valence-corrected chi connectivity index (χ0v) is 7.95. The number of aldehydes is 1. The van der Waals surface area contributed by atoms with E-state index in [9.17, 15) is 4.79 Å². The zero-order valence-electron chi connectivity index (χ0n) is 7.95. The van der Waals surface area contributed by atoms with Gasteiger partial charge < -0.3 is 9.53 Å². The Kier molecular flexibility index (Phi) is 4.52. The summed E-state index contributed by atoms with van der Waals surface area (Å²) in [6.07, 6.45) is 1.71. The lowest BCUT2D eigenvalue weighted by atomic mass is 10.2. The highest BCUT2D eigenvalue weighted by atomic mass is 16.5. The van der Waals surface area contributed by atoms with Crippen molar-refractivity contribution in [3.63, 3.8) is 0 Å². The van der Waals surface area contributed by atoms with Gasteiger partial charge in [-0.1, -0.05) is 12.8 Å². The number of nitrogens with zero attached hydrogens (tertiary/aromatic N) is 1. The molecular weight excluding hydrogens is 166 g/mol. The Morgan fingerprint density at radius 2 is 2.23 bits per heavy atom. The van der Waals surface area contributed by atoms with E-state index in [0.717, 1.165) is 25.8 Å². The summed E-state index contributed by atoms with van der Waals surface area (Å²) >= 11 is 0. The second-order valence-corrected chi connectivity index (χ2v) is 2.90. The highest BCUT2D eigenvalue weighted by molar-refractivity contribution is 5.63. The largest absolute Gasteiger partial charge is 0.379 e. The first-order chi connectivity index (χ1) is 6.38. The van der Waals surface area contributed by atoms with Gasteiger partial charge in [0, 0.05) is 19.5 Å². The van der Waals surface area contributed by atoms with Crippen LogP contribution in [0.4, 0.5) is 0 Å². The van der Waals surface area contributed by atoms with Crippen LogP contribution in [0.1, 0.15) is 13.3 Å². The van der Waals surface area contributed by atoms with Gasteiger partial charge in [0.25, 0.3) is 0 Å². The molecule has 1 heterocycles. The second kappa shape index (κ2) is 5.74. The van der Waals surface area contributed by atoms with Crippen molar-refractivity contribution in [1.82, 2.24) is 4.90 Å². The maximum atomic E-state index is 10.7. The zero-order chi connectivity index (χ0) is 9.52. The molecule has 0 bridgehead atoms. The Labute approximate surface area is 79.1 Å². The molecule has 0 aromatic carbocycles. The van der Waals surface area contributed by atoms with Crippen LogP contribution in [0.15, 0.2) is 0 Å². The van der Waals surface area contributed by atoms with Crippen molar-refractivity contribution in [2.24, 2.45) is 0 Å². The number of hydrogen-bond donors (Lipinski definition) is 0. The average Bonchev–Trinajstić information content (AvgIpc) is 2.21. The van der Waals surface area contributed by atoms with Gasteiger partial charge >= 0.3 is 0 Å². The fourth-order valence-electron chi connectivity index (χ4n) is 1.27. The molecule has 0 aromatic rings. The van der Waals surface area contributed by atoms with Crippen LogP contribution >= 0.6 is 0 Å². The van der Waals surface area contributed by atoms with Crippen LogP contribution in [0.2, 0.25) is 0 Å². The summed E-state index contributed by atoms with van der Waals surface area (Å²) in [5, 5.41) is 0. The van der Waals surface area contributed by atoms with Crippen molar-refractivity contribution in [3.05, 3.63) is 0 Å². The third kappa shape index (κ3) is 3.17. The summed E-state index contributed by atoms with van der Waals surface area (Å²) in [4.78, 5) is 12.8. The van der Waals surface area contributed by atoms with Crippen LogP contribution in [0, 0.1) is 11.8 Å². The molecule has 0 aromatic heterocycles. The second-order valence-electron chi connectivity index (χ2n) is 2.90. The summed E-state index contributed by atoms with van der Waals surface area (Å²) < 4.78 is 5.19. The van der Waals surface area contributed by atoms with E-state index in [1.807, 2.05) is 6.92 Å². The van der Waals surface area contributed by atoms with Gasteiger partial charge in [0.1, 0.15) is 12.3 Å². The van der Waals surface area contributed by atoms with Gasteiger partial charge in [-0.25, -0.2) is 0 Å². The minimum atomic E-state index is -0.233. The maximum Gasteiger partial charge on any atom is 0.149 e. The van der Waals surface area contributed by atoms with Gasteiger partial charge in [0.2, 0.25) is 0 Å². The van der Waals surface area contributed by atoms with Gasteiger partial charge in [0.15, 0.2) is 0 Å². The molecule has 1 saturated heterocycles. The van der Waals surface area contributed by atoms with Crippen LogP contribution in [-0.2, 0) is 9.53 Å². The number of carbonyl (C=O) groups is 1. The molecule has 1 unspecified atom stereocenters. The highest BCUT2D eigenvalue weighted by Crippen LogP contribution is 2.01. The lowest BCUT2D eigenvalue weighted by molar-refractivity contribution is -0.112. The molecular formula is C10H15NO2. The van der Waals surface area contributed by atoms with Crippen molar-refractivity contribution in [2.45, 2.75) is 19.4 Å². The van der Waals surface area contributed by atoms with Crippen molar-refractivity contribution in [2.75, 3.05) is 26.3 Å². The van der Waals surface area contributed by atoms with E-state index >= 15 is 0 Å². The summed E-state index contributed by atoms with van der Waals surface area (Å²) in [7, 11) is 0. The molecule has 3 heteroatoms. The van der Waals surface area contributed by atoms with E-state index in [1.54, 1.807) is 0 Å². The van der Waals surface area contributed by atoms with Crippen molar-refractivity contribution >= 4 is 6.29 Å². The standard InChI is InChI=1S/C10H15NO2/c1-2-3-4-10(9-12)11-5-7-13-8-6-11/h9-10H,2,5-8H2,1H3. The predicted octanol–water partition coefficient (Wildman–Crippen LogP) is 0.299. The lowest BCUT2D eigenvalue weighted by Gasteiger charge is -2.28. The summed E-state index contributed by atoms with van der Waals surface area (Å²) in [5.41, 5.74) is 0. The van der Waals surface area contributed by atoms with E-state index in [0.29, 0.717) is 13.2 Å². The number of carbonyl (C=O) groups excluding carboxylic acids is 1. The molecule has 1 rings (SSSR count). The fraction of sp³-hybridized carbons (Fsp3) is 0.700. The lowest BCUT2D eigenvalue weighted by Crippen LogP contribution is -2.43. The molecule has 0 N–H and O–H groups in total. The molecule has 1 fully saturated rings. The van der Waals surface area contributed by atoms with Crippen LogP contribution < -0.4 is 0 Å². The molecule has 3 nitrogen and oxygen atoms in total. The number of ether oxygens (including phenoxy) is 1. The van der Waals surface area contributed by atoms with Crippen molar-refractivity contribution in [3.8, 4) is 11.8 Å². The highest BCUT2D eigenvalue weighted by Gasteiger charge is 2.17. The molecule has 1 atom stereocenters. The minimum absolute atomic E-state index is 0.233. The monoisotopic (exact) mass is 181 g/mol. The third-order valence-electron chi connectivity index (χ3n) is 1.99. The van der Waals surface area contributed by atoms with Gasteiger partial charge in [-0.05, 0) is 0 Å². The molecule has 0 spiro atoms. The van der Waals surface area contributed by atoms with Gasteiger partial charge in [0.05, 0.1) is 13.2 Å². The summed E-state index contributed by atoms with van der Waals surface area (Å²) in [5.74, 6) is 5.87. The van der Waals surface area contributed by atoms with Gasteiger partial charge in [-0.2, -0.15) is 0 Å². The molecule has 0 aliphatic carbocycles. The van der Waals surface area contributed by atoms with E-state index in [2.05, 4.69) is 16.7 Å². The van der Waals surface area contributed by atoms with Crippen LogP contribution in [-0.4, -0.2) is 43.5 Å². The molecule has 0 amide bonds. The number of morpholine rings is 1. The van der Waals surface area contributed by atoms with E-state index in [-0.39, 0.29) is 6.04 Å². The Bertz CT molecular complexity index is 211. The first kappa shape index (κ1) is 10.2. The molecule has 13 heavy (non-hydrogen) atoms. The normalized spacial score (nSPS) is 20.1. The molecule has 0 radical (unpaired) electrons. The Hall–Kier alpha value is -0.850.